The molecular weight excluding hydrogens is 290 g/mol. The fourth-order valence-electron chi connectivity index (χ4n) is 2.69. The second kappa shape index (κ2) is 6.27. The van der Waals surface area contributed by atoms with Crippen molar-refractivity contribution in [3.05, 3.63) is 41.1 Å². The van der Waals surface area contributed by atoms with E-state index in [9.17, 15) is 10.4 Å². The van der Waals surface area contributed by atoms with E-state index in [-0.39, 0.29) is 12.4 Å². The highest BCUT2D eigenvalue weighted by atomic mass is 16.5. The summed E-state index contributed by atoms with van der Waals surface area (Å²) in [6.45, 7) is 2.30. The van der Waals surface area contributed by atoms with Gasteiger partial charge in [-0.05, 0) is 43.5 Å². The molecule has 1 saturated carbocycles. The molecular formula is C18H19N3O2. The van der Waals surface area contributed by atoms with Crippen LogP contribution in [-0.2, 0) is 6.61 Å². The van der Waals surface area contributed by atoms with Crippen molar-refractivity contribution in [2.24, 2.45) is 0 Å². The molecule has 0 radical (unpaired) electrons. The fourth-order valence-corrected chi connectivity index (χ4v) is 2.69. The van der Waals surface area contributed by atoms with Gasteiger partial charge in [0.05, 0.1) is 13.2 Å². The molecule has 5 heteroatoms. The molecule has 0 unspecified atom stereocenters. The van der Waals surface area contributed by atoms with Crippen LogP contribution in [0.3, 0.4) is 0 Å². The van der Waals surface area contributed by atoms with Gasteiger partial charge in [-0.1, -0.05) is 6.07 Å². The first kappa shape index (κ1) is 15.3. The Labute approximate surface area is 135 Å². The molecule has 23 heavy (non-hydrogen) atoms. The maximum atomic E-state index is 9.57. The number of rotatable bonds is 5. The Morgan fingerprint density at radius 1 is 1.39 bits per heavy atom. The van der Waals surface area contributed by atoms with Crippen LogP contribution in [0.1, 0.15) is 42.5 Å². The van der Waals surface area contributed by atoms with Gasteiger partial charge in [-0.2, -0.15) is 5.26 Å². The maximum absolute atomic E-state index is 9.57. The van der Waals surface area contributed by atoms with E-state index in [2.05, 4.69) is 11.1 Å². The number of nitrogens with two attached hydrogens (primary N) is 1. The second-order valence-corrected chi connectivity index (χ2v) is 5.65. The van der Waals surface area contributed by atoms with E-state index in [1.807, 2.05) is 31.2 Å². The first-order valence-electron chi connectivity index (χ1n) is 7.75. The van der Waals surface area contributed by atoms with E-state index in [1.54, 1.807) is 0 Å². The minimum Gasteiger partial charge on any atom is -0.494 e. The molecule has 0 amide bonds. The van der Waals surface area contributed by atoms with E-state index >= 15 is 0 Å². The van der Waals surface area contributed by atoms with Crippen LogP contribution in [0.25, 0.3) is 11.1 Å². The third-order valence-corrected chi connectivity index (χ3v) is 4.02. The zero-order chi connectivity index (χ0) is 16.4. The molecule has 1 heterocycles. The molecule has 0 bridgehead atoms. The molecule has 2 aromatic rings. The highest BCUT2D eigenvalue weighted by Crippen LogP contribution is 2.42. The normalized spacial score (nSPS) is 13.6. The summed E-state index contributed by atoms with van der Waals surface area (Å²) < 4.78 is 5.51. The van der Waals surface area contributed by atoms with Crippen molar-refractivity contribution in [3.63, 3.8) is 0 Å². The van der Waals surface area contributed by atoms with Gasteiger partial charge in [0.15, 0.2) is 0 Å². The Balaban J connectivity index is 2.12. The Kier molecular flexibility index (Phi) is 4.18. The Morgan fingerprint density at radius 3 is 2.78 bits per heavy atom. The van der Waals surface area contributed by atoms with Crippen LogP contribution in [0.4, 0.5) is 5.82 Å². The van der Waals surface area contributed by atoms with Crippen molar-refractivity contribution < 1.29 is 9.84 Å². The van der Waals surface area contributed by atoms with E-state index in [0.717, 1.165) is 29.7 Å². The molecule has 1 fully saturated rings. The van der Waals surface area contributed by atoms with Crippen LogP contribution in [0.5, 0.6) is 5.75 Å². The van der Waals surface area contributed by atoms with Gasteiger partial charge < -0.3 is 15.6 Å². The summed E-state index contributed by atoms with van der Waals surface area (Å²) >= 11 is 0. The van der Waals surface area contributed by atoms with Crippen molar-refractivity contribution in [3.8, 4) is 22.9 Å². The van der Waals surface area contributed by atoms with Gasteiger partial charge in [0, 0.05) is 22.7 Å². The van der Waals surface area contributed by atoms with Gasteiger partial charge >= 0.3 is 0 Å². The van der Waals surface area contributed by atoms with E-state index in [4.69, 9.17) is 10.5 Å². The second-order valence-electron chi connectivity index (χ2n) is 5.65. The number of benzene rings is 1. The van der Waals surface area contributed by atoms with Crippen LogP contribution in [0.15, 0.2) is 24.3 Å². The lowest BCUT2D eigenvalue weighted by atomic mass is 9.97. The molecule has 1 aliphatic carbocycles. The van der Waals surface area contributed by atoms with Crippen molar-refractivity contribution in [2.45, 2.75) is 32.3 Å². The lowest BCUT2D eigenvalue weighted by Crippen LogP contribution is -2.02. The van der Waals surface area contributed by atoms with E-state index in [1.165, 1.54) is 0 Å². The monoisotopic (exact) mass is 309 g/mol. The highest BCUT2D eigenvalue weighted by molar-refractivity contribution is 5.76. The number of nitrogen functional groups attached to an aromatic ring is 1. The van der Waals surface area contributed by atoms with Crippen molar-refractivity contribution >= 4 is 5.82 Å². The first-order valence-corrected chi connectivity index (χ1v) is 7.75. The molecule has 5 nitrogen and oxygen atoms in total. The molecule has 118 valence electrons. The van der Waals surface area contributed by atoms with Gasteiger partial charge in [-0.15, -0.1) is 0 Å². The maximum Gasteiger partial charge on any atom is 0.142 e. The molecule has 0 spiro atoms. The molecule has 1 aliphatic rings. The summed E-state index contributed by atoms with van der Waals surface area (Å²) in [4.78, 5) is 4.36. The van der Waals surface area contributed by atoms with Crippen molar-refractivity contribution in [2.75, 3.05) is 12.3 Å². The number of ether oxygens (including phenoxy) is 1. The summed E-state index contributed by atoms with van der Waals surface area (Å²) in [6, 6.07) is 9.64. The molecule has 1 aromatic heterocycles. The van der Waals surface area contributed by atoms with Crippen LogP contribution >= 0.6 is 0 Å². The molecule has 1 aromatic carbocycles. The summed E-state index contributed by atoms with van der Waals surface area (Å²) in [5.74, 6) is 1.37. The fraction of sp³-hybridized carbons (Fsp3) is 0.333. The topological polar surface area (TPSA) is 92.2 Å². The number of aliphatic hydroxyl groups excluding tert-OH is 1. The number of pyridine rings is 1. The molecule has 0 atom stereocenters. The van der Waals surface area contributed by atoms with Gasteiger partial charge in [0.25, 0.3) is 0 Å². The number of aromatic nitrogens is 1. The van der Waals surface area contributed by atoms with Gasteiger partial charge in [-0.25, -0.2) is 4.98 Å². The zero-order valence-corrected chi connectivity index (χ0v) is 13.0. The van der Waals surface area contributed by atoms with Crippen LogP contribution in [0.2, 0.25) is 0 Å². The summed E-state index contributed by atoms with van der Waals surface area (Å²) in [7, 11) is 0. The molecule has 3 N–H and O–H groups in total. The van der Waals surface area contributed by atoms with Crippen LogP contribution < -0.4 is 10.5 Å². The largest absolute Gasteiger partial charge is 0.494 e. The summed E-state index contributed by atoms with van der Waals surface area (Å²) in [6.07, 6.45) is 2.23. The number of nitriles is 1. The third kappa shape index (κ3) is 2.99. The number of nitrogens with zero attached hydrogens (tertiary/aromatic N) is 2. The number of anilines is 1. The Morgan fingerprint density at radius 2 is 2.17 bits per heavy atom. The predicted molar refractivity (Wildman–Crippen MR) is 87.9 cm³/mol. The number of aliphatic hydroxyl groups is 1. The molecule has 3 rings (SSSR count). The molecule has 0 saturated heterocycles. The minimum absolute atomic E-state index is 0.124. The van der Waals surface area contributed by atoms with Gasteiger partial charge in [-0.3, -0.25) is 0 Å². The van der Waals surface area contributed by atoms with E-state index in [0.29, 0.717) is 29.4 Å². The smallest absolute Gasteiger partial charge is 0.142 e. The van der Waals surface area contributed by atoms with Crippen LogP contribution in [-0.4, -0.2) is 16.7 Å². The Bertz CT molecular complexity index is 777. The predicted octanol–water partition coefficient (Wildman–Crippen LogP) is 2.97. The number of hydrogen-bond donors (Lipinski definition) is 2. The standard InChI is InChI=1S/C18H19N3O2/c1-2-23-17-6-5-12(7-13(17)10-22)14-8-16(11-3-4-11)21-18(20)15(14)9-19/h5-8,11,22H,2-4,10H2,1H3,(H2,20,21). The highest BCUT2D eigenvalue weighted by Gasteiger charge is 2.27. The first-order chi connectivity index (χ1) is 11.2. The summed E-state index contributed by atoms with van der Waals surface area (Å²) in [5.41, 5.74) is 9.59. The van der Waals surface area contributed by atoms with E-state index < -0.39 is 0 Å². The summed E-state index contributed by atoms with van der Waals surface area (Å²) in [5, 5.41) is 19.0. The Hall–Kier alpha value is -2.58. The average Bonchev–Trinajstić information content (AvgIpc) is 3.39. The zero-order valence-electron chi connectivity index (χ0n) is 13.0. The van der Waals surface area contributed by atoms with Crippen molar-refractivity contribution in [1.82, 2.24) is 4.98 Å². The molecule has 0 aliphatic heterocycles. The lowest BCUT2D eigenvalue weighted by molar-refractivity contribution is 0.267. The lowest BCUT2D eigenvalue weighted by Gasteiger charge is -2.13. The van der Waals surface area contributed by atoms with Crippen LogP contribution in [0, 0.1) is 11.3 Å². The SMILES string of the molecule is CCOc1ccc(-c2cc(C3CC3)nc(N)c2C#N)cc1CO. The van der Waals surface area contributed by atoms with Gasteiger partial charge in [0.1, 0.15) is 23.2 Å². The minimum atomic E-state index is -0.124. The van der Waals surface area contributed by atoms with Crippen molar-refractivity contribution in [1.29, 1.82) is 5.26 Å². The third-order valence-electron chi connectivity index (χ3n) is 4.02. The quantitative estimate of drug-likeness (QED) is 0.885. The van der Waals surface area contributed by atoms with Gasteiger partial charge in [0.2, 0.25) is 0 Å². The number of hydrogen-bond acceptors (Lipinski definition) is 5. The average molecular weight is 309 g/mol.